The molecule has 0 aliphatic carbocycles. The van der Waals surface area contributed by atoms with Gasteiger partial charge in [-0.05, 0) is 6.07 Å². The van der Waals surface area contributed by atoms with Crippen molar-refractivity contribution in [3.05, 3.63) is 29.7 Å². The highest BCUT2D eigenvalue weighted by atomic mass is 19.1. The van der Waals surface area contributed by atoms with E-state index in [1.807, 2.05) is 0 Å². The summed E-state index contributed by atoms with van der Waals surface area (Å²) in [4.78, 5) is 14.2. The lowest BCUT2D eigenvalue weighted by atomic mass is 10.2. The molecule has 4 nitrogen and oxygen atoms in total. The molecule has 5 heteroatoms. The number of halogens is 1. The van der Waals surface area contributed by atoms with Gasteiger partial charge in [-0.1, -0.05) is 12.2 Å². The molecule has 0 saturated carbocycles. The molecular formula is C10H11FN2O2. The summed E-state index contributed by atoms with van der Waals surface area (Å²) in [6.45, 7) is 0. The number of amides is 1. The molecule has 1 aromatic heterocycles. The van der Waals surface area contributed by atoms with Crippen molar-refractivity contribution in [3.63, 3.8) is 0 Å². The average molecular weight is 210 g/mol. The highest BCUT2D eigenvalue weighted by Crippen LogP contribution is 2.17. The normalized spacial score (nSPS) is 10.5. The Bertz CT molecular complexity index is 391. The number of carbonyl (C=O) groups excluding carboxylic acids is 1. The summed E-state index contributed by atoms with van der Waals surface area (Å²) in [5.74, 6) is -0.610. The molecule has 0 spiro atoms. The second-order valence-electron chi connectivity index (χ2n) is 2.82. The third kappa shape index (κ3) is 3.38. The fourth-order valence-electron chi connectivity index (χ4n) is 1.03. The van der Waals surface area contributed by atoms with Gasteiger partial charge in [-0.3, -0.25) is 4.79 Å². The molecule has 2 N–H and O–H groups in total. The molecule has 80 valence electrons. The molecule has 1 aromatic rings. The van der Waals surface area contributed by atoms with Crippen LogP contribution in [0.15, 0.2) is 18.3 Å². The summed E-state index contributed by atoms with van der Waals surface area (Å²) < 4.78 is 17.7. The van der Waals surface area contributed by atoms with Gasteiger partial charge in [0.25, 0.3) is 0 Å². The minimum atomic E-state index is -0.463. The molecule has 1 rings (SSSR count). The summed E-state index contributed by atoms with van der Waals surface area (Å²) in [6, 6.07) is 1.27. The van der Waals surface area contributed by atoms with Crippen molar-refractivity contribution in [2.75, 3.05) is 7.11 Å². The summed E-state index contributed by atoms with van der Waals surface area (Å²) in [5.41, 5.74) is 5.42. The average Bonchev–Trinajstić information content (AvgIpc) is 2.17. The van der Waals surface area contributed by atoms with E-state index in [-0.39, 0.29) is 6.42 Å². The molecule has 0 fully saturated rings. The van der Waals surface area contributed by atoms with Crippen LogP contribution in [0.1, 0.15) is 12.0 Å². The van der Waals surface area contributed by atoms with Crippen LogP contribution < -0.4 is 10.5 Å². The van der Waals surface area contributed by atoms with Gasteiger partial charge in [0.1, 0.15) is 5.82 Å². The van der Waals surface area contributed by atoms with Gasteiger partial charge in [0, 0.05) is 12.0 Å². The van der Waals surface area contributed by atoms with Gasteiger partial charge in [0.15, 0.2) is 0 Å². The Morgan fingerprint density at radius 2 is 2.47 bits per heavy atom. The monoisotopic (exact) mass is 210 g/mol. The molecule has 0 aliphatic rings. The quantitative estimate of drug-likeness (QED) is 0.809. The van der Waals surface area contributed by atoms with E-state index in [1.54, 1.807) is 6.08 Å². The van der Waals surface area contributed by atoms with Crippen molar-refractivity contribution < 1.29 is 13.9 Å². The number of aromatic nitrogens is 1. The maximum atomic E-state index is 12.8. The van der Waals surface area contributed by atoms with Gasteiger partial charge in [-0.15, -0.1) is 0 Å². The Morgan fingerprint density at radius 1 is 1.73 bits per heavy atom. The predicted octanol–water partition coefficient (Wildman–Crippen LogP) is 1.12. The van der Waals surface area contributed by atoms with E-state index in [1.165, 1.54) is 19.3 Å². The smallest absolute Gasteiger partial charge is 0.221 e. The van der Waals surface area contributed by atoms with Gasteiger partial charge in [-0.25, -0.2) is 9.37 Å². The molecule has 0 atom stereocenters. The lowest BCUT2D eigenvalue weighted by molar-refractivity contribution is -0.117. The molecule has 0 aliphatic heterocycles. The topological polar surface area (TPSA) is 65.2 Å². The maximum Gasteiger partial charge on any atom is 0.221 e. The number of carbonyl (C=O) groups is 1. The fraction of sp³-hybridized carbons (Fsp3) is 0.200. The number of hydrogen-bond acceptors (Lipinski definition) is 3. The number of rotatable bonds is 4. The van der Waals surface area contributed by atoms with Crippen LogP contribution >= 0.6 is 0 Å². The van der Waals surface area contributed by atoms with Crippen molar-refractivity contribution in [3.8, 4) is 5.88 Å². The zero-order valence-corrected chi connectivity index (χ0v) is 8.24. The lowest BCUT2D eigenvalue weighted by Crippen LogP contribution is -2.07. The third-order valence-electron chi connectivity index (χ3n) is 1.66. The molecule has 0 unspecified atom stereocenters. The van der Waals surface area contributed by atoms with Crippen molar-refractivity contribution in [1.29, 1.82) is 0 Å². The first-order valence-corrected chi connectivity index (χ1v) is 4.28. The first-order chi connectivity index (χ1) is 7.13. The maximum absolute atomic E-state index is 12.8. The van der Waals surface area contributed by atoms with Crippen molar-refractivity contribution in [1.82, 2.24) is 4.98 Å². The zero-order valence-electron chi connectivity index (χ0n) is 8.24. The van der Waals surface area contributed by atoms with Gasteiger partial charge in [0.05, 0.1) is 13.3 Å². The first-order valence-electron chi connectivity index (χ1n) is 4.28. The van der Waals surface area contributed by atoms with Crippen LogP contribution in [0.25, 0.3) is 6.08 Å². The lowest BCUT2D eigenvalue weighted by Gasteiger charge is -2.02. The van der Waals surface area contributed by atoms with Gasteiger partial charge in [0.2, 0.25) is 11.8 Å². The molecule has 0 radical (unpaired) electrons. The Kier molecular flexibility index (Phi) is 3.79. The first kappa shape index (κ1) is 11.2. The van der Waals surface area contributed by atoms with Gasteiger partial charge in [-0.2, -0.15) is 0 Å². The standard InChI is InChI=1S/C10H11FN2O2/c1-15-10-7(3-2-4-9(12)14)5-8(11)6-13-10/h2-3,5-6H,4H2,1H3,(H2,12,14). The second kappa shape index (κ2) is 5.09. The SMILES string of the molecule is COc1ncc(F)cc1C=CCC(N)=O. The number of hydrogen-bond donors (Lipinski definition) is 1. The number of nitrogens with two attached hydrogens (primary N) is 1. The highest BCUT2D eigenvalue weighted by molar-refractivity contribution is 5.76. The molecule has 1 amide bonds. The summed E-state index contributed by atoms with van der Waals surface area (Å²) in [7, 11) is 1.44. The van der Waals surface area contributed by atoms with Crippen LogP contribution in [0.4, 0.5) is 4.39 Å². The van der Waals surface area contributed by atoms with Gasteiger partial charge < -0.3 is 10.5 Å². The summed E-state index contributed by atoms with van der Waals surface area (Å²) >= 11 is 0. The number of methoxy groups -OCH3 is 1. The fourth-order valence-corrected chi connectivity index (χ4v) is 1.03. The predicted molar refractivity (Wildman–Crippen MR) is 53.6 cm³/mol. The molecule has 0 bridgehead atoms. The molecule has 15 heavy (non-hydrogen) atoms. The van der Waals surface area contributed by atoms with Crippen LogP contribution in [0.5, 0.6) is 5.88 Å². The van der Waals surface area contributed by atoms with Crippen molar-refractivity contribution in [2.24, 2.45) is 5.73 Å². The van der Waals surface area contributed by atoms with Gasteiger partial charge >= 0.3 is 0 Å². The van der Waals surface area contributed by atoms with E-state index in [0.29, 0.717) is 11.4 Å². The number of pyridine rings is 1. The van der Waals surface area contributed by atoms with Crippen LogP contribution in [-0.4, -0.2) is 18.0 Å². The number of ether oxygens (including phenoxy) is 1. The van der Waals surface area contributed by atoms with E-state index < -0.39 is 11.7 Å². The second-order valence-corrected chi connectivity index (χ2v) is 2.82. The van der Waals surface area contributed by atoms with E-state index in [2.05, 4.69) is 4.98 Å². The largest absolute Gasteiger partial charge is 0.481 e. The molecule has 0 saturated heterocycles. The van der Waals surface area contributed by atoms with Crippen LogP contribution in [0.2, 0.25) is 0 Å². The number of nitrogens with zero attached hydrogens (tertiary/aromatic N) is 1. The summed E-state index contributed by atoms with van der Waals surface area (Å²) in [5, 5.41) is 0. The van der Waals surface area contributed by atoms with Crippen molar-refractivity contribution in [2.45, 2.75) is 6.42 Å². The van der Waals surface area contributed by atoms with E-state index in [4.69, 9.17) is 10.5 Å². The van der Waals surface area contributed by atoms with Crippen LogP contribution in [0, 0.1) is 5.82 Å². The zero-order chi connectivity index (χ0) is 11.3. The summed E-state index contributed by atoms with van der Waals surface area (Å²) in [6.07, 6.45) is 4.23. The highest BCUT2D eigenvalue weighted by Gasteiger charge is 2.02. The molecular weight excluding hydrogens is 199 g/mol. The molecule has 1 heterocycles. The van der Waals surface area contributed by atoms with E-state index in [9.17, 15) is 9.18 Å². The van der Waals surface area contributed by atoms with Crippen LogP contribution in [-0.2, 0) is 4.79 Å². The van der Waals surface area contributed by atoms with Crippen LogP contribution in [0.3, 0.4) is 0 Å². The third-order valence-corrected chi connectivity index (χ3v) is 1.66. The van der Waals surface area contributed by atoms with Crippen molar-refractivity contribution >= 4 is 12.0 Å². The molecule has 0 aromatic carbocycles. The Balaban J connectivity index is 2.87. The number of primary amides is 1. The van der Waals surface area contributed by atoms with E-state index >= 15 is 0 Å². The Hall–Kier alpha value is -1.91. The Labute approximate surface area is 86.6 Å². The van der Waals surface area contributed by atoms with E-state index in [0.717, 1.165) is 6.20 Å². The Morgan fingerprint density at radius 3 is 3.07 bits per heavy atom. The minimum absolute atomic E-state index is 0.0969. The minimum Gasteiger partial charge on any atom is -0.481 e.